The van der Waals surface area contributed by atoms with Crippen LogP contribution in [0.3, 0.4) is 0 Å². The number of hydrogen-bond acceptors (Lipinski definition) is 10. The van der Waals surface area contributed by atoms with Gasteiger partial charge in [0, 0.05) is 12.8 Å². The molecule has 0 saturated heterocycles. The van der Waals surface area contributed by atoms with Gasteiger partial charge in [0.1, 0.15) is 0 Å². The van der Waals surface area contributed by atoms with Crippen molar-refractivity contribution in [1.82, 2.24) is 0 Å². The maximum absolute atomic E-state index is 12.8. The maximum Gasteiger partial charge on any atom is 0.314 e. The molecule has 10 heteroatoms. The zero-order valence-corrected chi connectivity index (χ0v) is 39.0. The molecule has 62 heavy (non-hydrogen) atoms. The van der Waals surface area contributed by atoms with E-state index in [1.54, 1.807) is 0 Å². The maximum atomic E-state index is 12.8. The molecule has 4 N–H and O–H groups in total. The average Bonchev–Trinajstić information content (AvgIpc) is 3.76. The van der Waals surface area contributed by atoms with Gasteiger partial charge in [-0.15, -0.1) is 0 Å². The molecule has 8 unspecified atom stereocenters. The molecule has 8 aliphatic rings. The van der Waals surface area contributed by atoms with Gasteiger partial charge in [0.2, 0.25) is 0 Å². The normalized spacial score (nSPS) is 47.9. The lowest BCUT2D eigenvalue weighted by Gasteiger charge is -2.62. The molecule has 0 aliphatic heterocycles. The Balaban J connectivity index is 0.741. The van der Waals surface area contributed by atoms with Crippen molar-refractivity contribution in [3.63, 3.8) is 0 Å². The summed E-state index contributed by atoms with van der Waals surface area (Å²) in [6, 6.07) is 0. The van der Waals surface area contributed by atoms with Crippen LogP contribution in [-0.2, 0) is 28.7 Å². The molecule has 8 rings (SSSR count). The first-order valence-electron chi connectivity index (χ1n) is 25.5. The topological polar surface area (TPSA) is 168 Å². The Morgan fingerprint density at radius 3 is 1.19 bits per heavy atom. The standard InChI is InChI=1S/C52H82O10/c1-29(35-9-11-37-47-39(19-23-51(35,37)5)49(3)21-17-33(53)25-31(49)27-41(47)55)7-13-43(57)61-45(59)15-16-46(60)62-44(58)14-8-30(2)36-10-12-38-48-40(20-24-52(36,38)6)50(4)22-18-34(54)26-32(50)28-42(48)56/h29-42,47-48,53-56H,7-28H2,1-6H3/t29-,30-,31?,32?,33+,34+,35-,36-,37?,38?,39?,40?,41+,42+,47?,48?,49+,50+,51-,52-/m1/s1. The average molecular weight is 867 g/mol. The summed E-state index contributed by atoms with van der Waals surface area (Å²) in [5.74, 6) is 1.81. The number of esters is 4. The molecule has 0 aromatic heterocycles. The lowest BCUT2D eigenvalue weighted by atomic mass is 9.43. The molecule has 0 bridgehead atoms. The number of fused-ring (bicyclic) bond motifs is 10. The Morgan fingerprint density at radius 1 is 0.468 bits per heavy atom. The van der Waals surface area contributed by atoms with E-state index in [-0.39, 0.29) is 95.4 Å². The fourth-order valence-corrected chi connectivity index (χ4v) is 18.1. The van der Waals surface area contributed by atoms with Gasteiger partial charge in [-0.2, -0.15) is 0 Å². The van der Waals surface area contributed by atoms with Gasteiger partial charge in [-0.05, 0) is 208 Å². The second kappa shape index (κ2) is 17.7. The zero-order valence-electron chi connectivity index (χ0n) is 39.0. The van der Waals surface area contributed by atoms with Crippen molar-refractivity contribution < 1.29 is 49.1 Å². The van der Waals surface area contributed by atoms with Crippen LogP contribution in [0.25, 0.3) is 0 Å². The Kier molecular flexibility index (Phi) is 13.3. The molecule has 0 aromatic rings. The predicted molar refractivity (Wildman–Crippen MR) is 233 cm³/mol. The SMILES string of the molecule is C[C@H](CCC(=O)OC(=O)CCC(=O)OC(=O)CC[C@@H](C)[C@H]1CCC2C3C(CC[C@@]21C)[C@@]1(C)CC[C@H](O)CC1C[C@@H]3O)[C@H]1CCC2C3C(CC[C@@]21C)[C@@]1(C)CC[C@H](O)CC1C[C@@H]3O. The molecule has 10 nitrogen and oxygen atoms in total. The number of aliphatic hydroxyl groups is 4. The fraction of sp³-hybridized carbons (Fsp3) is 0.923. The van der Waals surface area contributed by atoms with E-state index >= 15 is 0 Å². The number of carbonyl (C=O) groups excluding carboxylic acids is 4. The highest BCUT2D eigenvalue weighted by Gasteiger charge is 2.64. The van der Waals surface area contributed by atoms with E-state index in [0.717, 1.165) is 103 Å². The van der Waals surface area contributed by atoms with Gasteiger partial charge in [-0.3, -0.25) is 19.2 Å². The largest absolute Gasteiger partial charge is 0.393 e. The summed E-state index contributed by atoms with van der Waals surface area (Å²) < 4.78 is 10.2. The van der Waals surface area contributed by atoms with Gasteiger partial charge in [0.05, 0.1) is 37.3 Å². The van der Waals surface area contributed by atoms with Crippen LogP contribution in [0, 0.1) is 92.7 Å². The van der Waals surface area contributed by atoms with Crippen LogP contribution >= 0.6 is 0 Å². The predicted octanol–water partition coefficient (Wildman–Crippen LogP) is 8.72. The highest BCUT2D eigenvalue weighted by Crippen LogP contribution is 2.70. The lowest BCUT2D eigenvalue weighted by molar-refractivity contribution is -0.174. The van der Waals surface area contributed by atoms with Crippen molar-refractivity contribution in [3.8, 4) is 0 Å². The molecule has 0 heterocycles. The molecule has 0 spiro atoms. The van der Waals surface area contributed by atoms with E-state index in [1.165, 1.54) is 0 Å². The Labute approximate surface area is 371 Å². The summed E-state index contributed by atoms with van der Waals surface area (Å²) >= 11 is 0. The van der Waals surface area contributed by atoms with Crippen molar-refractivity contribution in [3.05, 3.63) is 0 Å². The summed E-state index contributed by atoms with van der Waals surface area (Å²) in [7, 11) is 0. The number of carbonyl (C=O) groups is 4. The molecule has 0 radical (unpaired) electrons. The third-order valence-corrected chi connectivity index (χ3v) is 21.4. The first kappa shape index (κ1) is 46.6. The first-order chi connectivity index (χ1) is 29.3. The summed E-state index contributed by atoms with van der Waals surface area (Å²) in [6.07, 6.45) is 15.4. The monoisotopic (exact) mass is 867 g/mol. The zero-order chi connectivity index (χ0) is 44.5. The van der Waals surface area contributed by atoms with E-state index < -0.39 is 23.9 Å². The van der Waals surface area contributed by atoms with E-state index in [1.807, 2.05) is 0 Å². The van der Waals surface area contributed by atoms with Crippen LogP contribution in [0.4, 0.5) is 0 Å². The molecule has 8 saturated carbocycles. The van der Waals surface area contributed by atoms with Crippen molar-refractivity contribution in [2.45, 2.75) is 207 Å². The third-order valence-electron chi connectivity index (χ3n) is 21.4. The second-order valence-corrected chi connectivity index (χ2v) is 24.1. The minimum Gasteiger partial charge on any atom is -0.393 e. The van der Waals surface area contributed by atoms with Gasteiger partial charge in [-0.1, -0.05) is 41.5 Å². The Bertz CT molecular complexity index is 1560. The van der Waals surface area contributed by atoms with Crippen LogP contribution in [0.15, 0.2) is 0 Å². The number of aliphatic hydroxyl groups excluding tert-OH is 4. The molecular formula is C52H82O10. The van der Waals surface area contributed by atoms with Gasteiger partial charge in [0.25, 0.3) is 0 Å². The van der Waals surface area contributed by atoms with Crippen LogP contribution in [0.2, 0.25) is 0 Å². The van der Waals surface area contributed by atoms with Gasteiger partial charge in [0.15, 0.2) is 0 Å². The van der Waals surface area contributed by atoms with Gasteiger partial charge >= 0.3 is 23.9 Å². The number of ether oxygens (including phenoxy) is 2. The Morgan fingerprint density at radius 2 is 0.806 bits per heavy atom. The first-order valence-corrected chi connectivity index (χ1v) is 25.5. The van der Waals surface area contributed by atoms with Crippen molar-refractivity contribution in [2.24, 2.45) is 92.7 Å². The number of rotatable bonds is 11. The van der Waals surface area contributed by atoms with Crippen LogP contribution in [0.1, 0.15) is 183 Å². The van der Waals surface area contributed by atoms with Crippen LogP contribution in [0.5, 0.6) is 0 Å². The lowest BCUT2D eigenvalue weighted by Crippen LogP contribution is -2.58. The summed E-state index contributed by atoms with van der Waals surface area (Å²) in [4.78, 5) is 50.9. The highest BCUT2D eigenvalue weighted by atomic mass is 16.6. The minimum absolute atomic E-state index is 0.0929. The van der Waals surface area contributed by atoms with E-state index in [0.29, 0.717) is 60.2 Å². The van der Waals surface area contributed by atoms with E-state index in [9.17, 15) is 39.6 Å². The van der Waals surface area contributed by atoms with Crippen LogP contribution in [-0.4, -0.2) is 68.7 Å². The second-order valence-electron chi connectivity index (χ2n) is 24.1. The van der Waals surface area contributed by atoms with Crippen molar-refractivity contribution in [1.29, 1.82) is 0 Å². The molecule has 8 fully saturated rings. The fourth-order valence-electron chi connectivity index (χ4n) is 18.1. The molecule has 0 amide bonds. The Hall–Kier alpha value is -1.88. The molecule has 350 valence electrons. The molecular weight excluding hydrogens is 785 g/mol. The quantitative estimate of drug-likeness (QED) is 0.117. The molecule has 20 atom stereocenters. The summed E-state index contributed by atoms with van der Waals surface area (Å²) in [6.45, 7) is 14.1. The van der Waals surface area contributed by atoms with Crippen molar-refractivity contribution in [2.75, 3.05) is 0 Å². The highest BCUT2D eigenvalue weighted by molar-refractivity contribution is 5.90. The van der Waals surface area contributed by atoms with Crippen molar-refractivity contribution >= 4 is 23.9 Å². The smallest absolute Gasteiger partial charge is 0.314 e. The molecule has 0 aromatic carbocycles. The summed E-state index contributed by atoms with van der Waals surface area (Å²) in [5, 5.41) is 44.0. The van der Waals surface area contributed by atoms with Gasteiger partial charge in [-0.25, -0.2) is 0 Å². The third kappa shape index (κ3) is 8.30. The summed E-state index contributed by atoms with van der Waals surface area (Å²) in [5.41, 5.74) is 0.549. The van der Waals surface area contributed by atoms with E-state index in [4.69, 9.17) is 9.47 Å². The van der Waals surface area contributed by atoms with E-state index in [2.05, 4.69) is 41.5 Å². The van der Waals surface area contributed by atoms with Gasteiger partial charge < -0.3 is 29.9 Å². The molecule has 8 aliphatic carbocycles. The number of hydrogen-bond donors (Lipinski definition) is 4. The van der Waals surface area contributed by atoms with Crippen LogP contribution < -0.4 is 0 Å². The minimum atomic E-state index is -0.785.